The fourth-order valence-electron chi connectivity index (χ4n) is 2.36. The van der Waals surface area contributed by atoms with Gasteiger partial charge in [0, 0.05) is 6.54 Å². The van der Waals surface area contributed by atoms with Gasteiger partial charge in [-0.05, 0) is 37.3 Å². The number of phenolic OH excluding ortho intramolecular Hbond substituents is 1. The maximum atomic E-state index is 10.8. The predicted molar refractivity (Wildman–Crippen MR) is 65.1 cm³/mol. The Morgan fingerprint density at radius 1 is 1.35 bits per heavy atom. The maximum Gasteiger partial charge on any atom is 0.306 e. The van der Waals surface area contributed by atoms with E-state index in [1.807, 2.05) is 12.1 Å². The molecule has 1 aliphatic rings. The number of hydrogen-bond donors (Lipinski definition) is 3. The number of carboxylic acid groups (broad SMARTS) is 1. The lowest BCUT2D eigenvalue weighted by Gasteiger charge is -2.13. The van der Waals surface area contributed by atoms with Gasteiger partial charge < -0.3 is 15.5 Å². The summed E-state index contributed by atoms with van der Waals surface area (Å²) in [6.07, 6.45) is 2.44. The second kappa shape index (κ2) is 5.08. The lowest BCUT2D eigenvalue weighted by atomic mass is 10.1. The van der Waals surface area contributed by atoms with Crippen molar-refractivity contribution in [1.29, 1.82) is 0 Å². The molecule has 0 heterocycles. The fourth-order valence-corrected chi connectivity index (χ4v) is 2.36. The minimum absolute atomic E-state index is 0.189. The summed E-state index contributed by atoms with van der Waals surface area (Å²) in [5.41, 5.74) is 0.714. The second-order valence-electron chi connectivity index (χ2n) is 4.61. The van der Waals surface area contributed by atoms with Crippen LogP contribution in [0.1, 0.15) is 19.3 Å². The van der Waals surface area contributed by atoms with Crippen LogP contribution in [0.15, 0.2) is 24.3 Å². The van der Waals surface area contributed by atoms with Crippen LogP contribution in [0, 0.1) is 11.8 Å². The Morgan fingerprint density at radius 2 is 2.12 bits per heavy atom. The minimum atomic E-state index is -0.685. The number of rotatable bonds is 4. The van der Waals surface area contributed by atoms with Crippen molar-refractivity contribution in [3.8, 4) is 5.75 Å². The molecule has 4 nitrogen and oxygen atoms in total. The molecule has 2 rings (SSSR count). The van der Waals surface area contributed by atoms with Gasteiger partial charge in [0.05, 0.1) is 11.6 Å². The van der Waals surface area contributed by atoms with Gasteiger partial charge in [-0.25, -0.2) is 0 Å². The van der Waals surface area contributed by atoms with Crippen LogP contribution in [-0.2, 0) is 4.79 Å². The highest BCUT2D eigenvalue weighted by Crippen LogP contribution is 2.32. The summed E-state index contributed by atoms with van der Waals surface area (Å²) in [4.78, 5) is 10.8. The largest absolute Gasteiger partial charge is 0.506 e. The molecule has 0 amide bonds. The molecule has 2 atom stereocenters. The molecule has 0 bridgehead atoms. The molecule has 0 aromatic heterocycles. The van der Waals surface area contributed by atoms with Crippen LogP contribution in [0.4, 0.5) is 5.69 Å². The molecule has 17 heavy (non-hydrogen) atoms. The molecule has 0 spiro atoms. The zero-order valence-corrected chi connectivity index (χ0v) is 9.60. The molecule has 1 aromatic carbocycles. The van der Waals surface area contributed by atoms with E-state index in [0.717, 1.165) is 25.8 Å². The van der Waals surface area contributed by atoms with Crippen LogP contribution in [0.2, 0.25) is 0 Å². The van der Waals surface area contributed by atoms with Crippen LogP contribution in [0.5, 0.6) is 5.75 Å². The first-order chi connectivity index (χ1) is 8.16. The quantitative estimate of drug-likeness (QED) is 0.700. The van der Waals surface area contributed by atoms with Crippen LogP contribution in [0.3, 0.4) is 0 Å². The number of carbonyl (C=O) groups is 1. The van der Waals surface area contributed by atoms with Gasteiger partial charge in [0.1, 0.15) is 5.75 Å². The summed E-state index contributed by atoms with van der Waals surface area (Å²) in [7, 11) is 0. The number of aliphatic carboxylic acids is 1. The first-order valence-corrected chi connectivity index (χ1v) is 5.91. The molecule has 1 saturated carbocycles. The molecular formula is C13H17NO3. The van der Waals surface area contributed by atoms with Crippen LogP contribution in [0.25, 0.3) is 0 Å². The number of anilines is 1. The number of aromatic hydroxyl groups is 1. The Hall–Kier alpha value is -1.71. The van der Waals surface area contributed by atoms with Crippen molar-refractivity contribution < 1.29 is 15.0 Å². The number of para-hydroxylation sites is 2. The Balaban J connectivity index is 1.84. The lowest BCUT2D eigenvalue weighted by molar-refractivity contribution is -0.141. The van der Waals surface area contributed by atoms with Crippen molar-refractivity contribution in [3.05, 3.63) is 24.3 Å². The number of benzene rings is 1. The summed E-state index contributed by atoms with van der Waals surface area (Å²) in [6, 6.07) is 7.09. The number of phenols is 1. The van der Waals surface area contributed by atoms with Gasteiger partial charge in [-0.1, -0.05) is 12.1 Å². The normalized spacial score (nSPS) is 23.5. The first kappa shape index (κ1) is 11.8. The van der Waals surface area contributed by atoms with Gasteiger partial charge in [0.25, 0.3) is 0 Å². The van der Waals surface area contributed by atoms with E-state index >= 15 is 0 Å². The van der Waals surface area contributed by atoms with Gasteiger partial charge in [0.15, 0.2) is 0 Å². The fraction of sp³-hybridized carbons (Fsp3) is 0.462. The van der Waals surface area contributed by atoms with Gasteiger partial charge in [-0.3, -0.25) is 4.79 Å². The van der Waals surface area contributed by atoms with E-state index < -0.39 is 5.97 Å². The van der Waals surface area contributed by atoms with Crippen LogP contribution >= 0.6 is 0 Å². The predicted octanol–water partition coefficient (Wildman–Crippen LogP) is 2.30. The zero-order valence-electron chi connectivity index (χ0n) is 9.60. The third-order valence-corrected chi connectivity index (χ3v) is 3.38. The Kier molecular flexibility index (Phi) is 3.52. The van der Waals surface area contributed by atoms with E-state index in [0.29, 0.717) is 11.6 Å². The maximum absolute atomic E-state index is 10.8. The van der Waals surface area contributed by atoms with Gasteiger partial charge in [-0.15, -0.1) is 0 Å². The summed E-state index contributed by atoms with van der Waals surface area (Å²) in [6.45, 7) is 0.724. The molecule has 2 unspecified atom stereocenters. The van der Waals surface area contributed by atoms with Gasteiger partial charge in [0.2, 0.25) is 0 Å². The molecule has 1 fully saturated rings. The Labute approximate surface area is 100 Å². The summed E-state index contributed by atoms with van der Waals surface area (Å²) < 4.78 is 0. The third kappa shape index (κ3) is 2.90. The highest BCUT2D eigenvalue weighted by molar-refractivity contribution is 5.70. The van der Waals surface area contributed by atoms with Gasteiger partial charge >= 0.3 is 5.97 Å². The number of carboxylic acids is 1. The lowest BCUT2D eigenvalue weighted by Crippen LogP contribution is -2.14. The average molecular weight is 235 g/mol. The van der Waals surface area contributed by atoms with Crippen LogP contribution < -0.4 is 5.32 Å². The van der Waals surface area contributed by atoms with E-state index in [1.165, 1.54) is 0 Å². The summed E-state index contributed by atoms with van der Waals surface area (Å²) in [5, 5.41) is 21.6. The van der Waals surface area contributed by atoms with E-state index in [9.17, 15) is 9.90 Å². The van der Waals surface area contributed by atoms with E-state index in [-0.39, 0.29) is 11.7 Å². The molecule has 92 valence electrons. The molecular weight excluding hydrogens is 218 g/mol. The average Bonchev–Trinajstić information content (AvgIpc) is 2.77. The highest BCUT2D eigenvalue weighted by atomic mass is 16.4. The van der Waals surface area contributed by atoms with Crippen molar-refractivity contribution in [2.24, 2.45) is 11.8 Å². The molecule has 4 heteroatoms. The summed E-state index contributed by atoms with van der Waals surface area (Å²) in [5.74, 6) is -0.253. The third-order valence-electron chi connectivity index (χ3n) is 3.38. The van der Waals surface area contributed by atoms with Crippen LogP contribution in [-0.4, -0.2) is 22.7 Å². The highest BCUT2D eigenvalue weighted by Gasteiger charge is 2.29. The van der Waals surface area contributed by atoms with Crippen molar-refractivity contribution in [1.82, 2.24) is 0 Å². The molecule has 3 N–H and O–H groups in total. The van der Waals surface area contributed by atoms with Crippen molar-refractivity contribution in [2.75, 3.05) is 11.9 Å². The molecule has 1 aliphatic carbocycles. The summed E-state index contributed by atoms with van der Waals surface area (Å²) >= 11 is 0. The zero-order chi connectivity index (χ0) is 12.3. The number of hydrogen-bond acceptors (Lipinski definition) is 3. The molecule has 1 aromatic rings. The molecule has 0 radical (unpaired) electrons. The first-order valence-electron chi connectivity index (χ1n) is 5.91. The Morgan fingerprint density at radius 3 is 2.76 bits per heavy atom. The second-order valence-corrected chi connectivity index (χ2v) is 4.61. The number of nitrogens with one attached hydrogen (secondary N) is 1. The topological polar surface area (TPSA) is 69.6 Å². The van der Waals surface area contributed by atoms with Crippen molar-refractivity contribution in [2.45, 2.75) is 19.3 Å². The molecule has 0 aliphatic heterocycles. The van der Waals surface area contributed by atoms with Gasteiger partial charge in [-0.2, -0.15) is 0 Å². The monoisotopic (exact) mass is 235 g/mol. The van der Waals surface area contributed by atoms with E-state index in [4.69, 9.17) is 5.11 Å². The SMILES string of the molecule is O=C(O)C1CCC(CNc2ccccc2O)C1. The standard InChI is InChI=1S/C13H17NO3/c15-12-4-2-1-3-11(12)14-8-9-5-6-10(7-9)13(16)17/h1-4,9-10,14-15H,5-8H2,(H,16,17). The van der Waals surface area contributed by atoms with Crippen molar-refractivity contribution >= 4 is 11.7 Å². The smallest absolute Gasteiger partial charge is 0.306 e. The Bertz CT molecular complexity index is 405. The molecule has 0 saturated heterocycles. The van der Waals surface area contributed by atoms with E-state index in [1.54, 1.807) is 12.1 Å². The minimum Gasteiger partial charge on any atom is -0.506 e. The van der Waals surface area contributed by atoms with Crippen molar-refractivity contribution in [3.63, 3.8) is 0 Å². The van der Waals surface area contributed by atoms with E-state index in [2.05, 4.69) is 5.32 Å².